The molecule has 0 radical (unpaired) electrons. The van der Waals surface area contributed by atoms with Gasteiger partial charge in [0, 0.05) is 5.41 Å². The molecule has 5 heteroatoms. The van der Waals surface area contributed by atoms with Crippen LogP contribution in [0.15, 0.2) is 24.3 Å². The van der Waals surface area contributed by atoms with Crippen molar-refractivity contribution in [2.45, 2.75) is 26.2 Å². The minimum Gasteiger partial charge on any atom is -0.298 e. The van der Waals surface area contributed by atoms with E-state index in [0.29, 0.717) is 23.2 Å². The number of carbonyl (C=O) groups excluding carboxylic acids is 1. The summed E-state index contributed by atoms with van der Waals surface area (Å²) in [7, 11) is 0. The summed E-state index contributed by atoms with van der Waals surface area (Å²) in [5.74, 6) is -0.381. The van der Waals surface area contributed by atoms with Gasteiger partial charge in [-0.3, -0.25) is 4.79 Å². The highest BCUT2D eigenvalue weighted by molar-refractivity contribution is 6.32. The third kappa shape index (κ3) is 2.54. The number of carbonyl (C=O) groups is 1. The van der Waals surface area contributed by atoms with Gasteiger partial charge < -0.3 is 0 Å². The molecular formula is C14H14ClFN2O. The first kappa shape index (κ1) is 13.7. The number of aldehydes is 1. The standard InChI is InChI=1S/C14H14ClFN2O/c1-14(2,3)12-11(8-19)13(15)18(17-12)10-6-4-5-9(16)7-10/h4-8H,1-3H3. The SMILES string of the molecule is CC(C)(C)c1nn(-c2cccc(F)c2)c(Cl)c1C=O. The van der Waals surface area contributed by atoms with E-state index in [4.69, 9.17) is 11.6 Å². The van der Waals surface area contributed by atoms with Gasteiger partial charge in [0.2, 0.25) is 0 Å². The second kappa shape index (κ2) is 4.78. The average molecular weight is 281 g/mol. The van der Waals surface area contributed by atoms with Crippen molar-refractivity contribution in [3.8, 4) is 5.69 Å². The zero-order valence-corrected chi connectivity index (χ0v) is 11.7. The molecule has 100 valence electrons. The number of hydrogen-bond donors (Lipinski definition) is 0. The van der Waals surface area contributed by atoms with Gasteiger partial charge in [-0.1, -0.05) is 38.4 Å². The number of hydrogen-bond acceptors (Lipinski definition) is 2. The van der Waals surface area contributed by atoms with E-state index in [2.05, 4.69) is 5.10 Å². The number of halogens is 2. The maximum atomic E-state index is 13.3. The highest BCUT2D eigenvalue weighted by Crippen LogP contribution is 2.30. The lowest BCUT2D eigenvalue weighted by Crippen LogP contribution is -2.14. The fourth-order valence-corrected chi connectivity index (χ4v) is 2.12. The minimum absolute atomic E-state index is 0.200. The Morgan fingerprint density at radius 1 is 1.37 bits per heavy atom. The Morgan fingerprint density at radius 2 is 2.05 bits per heavy atom. The molecule has 3 nitrogen and oxygen atoms in total. The van der Waals surface area contributed by atoms with Gasteiger partial charge in [0.15, 0.2) is 6.29 Å². The van der Waals surface area contributed by atoms with E-state index in [1.165, 1.54) is 16.8 Å². The average Bonchev–Trinajstić information content (AvgIpc) is 2.66. The fourth-order valence-electron chi connectivity index (χ4n) is 1.85. The quantitative estimate of drug-likeness (QED) is 0.785. The first-order chi connectivity index (χ1) is 8.84. The van der Waals surface area contributed by atoms with Gasteiger partial charge >= 0.3 is 0 Å². The van der Waals surface area contributed by atoms with Gasteiger partial charge in [-0.05, 0) is 18.2 Å². The molecule has 1 aromatic heterocycles. The van der Waals surface area contributed by atoms with Gasteiger partial charge in [-0.25, -0.2) is 9.07 Å². The minimum atomic E-state index is -0.381. The smallest absolute Gasteiger partial charge is 0.155 e. The summed E-state index contributed by atoms with van der Waals surface area (Å²) in [6, 6.07) is 5.91. The van der Waals surface area contributed by atoms with E-state index < -0.39 is 0 Å². The molecule has 0 spiro atoms. The van der Waals surface area contributed by atoms with E-state index in [1.54, 1.807) is 12.1 Å². The monoisotopic (exact) mass is 280 g/mol. The van der Waals surface area contributed by atoms with Gasteiger partial charge in [-0.15, -0.1) is 0 Å². The molecule has 0 fully saturated rings. The van der Waals surface area contributed by atoms with Gasteiger partial charge in [-0.2, -0.15) is 5.10 Å². The molecule has 0 saturated heterocycles. The summed E-state index contributed by atoms with van der Waals surface area (Å²) in [4.78, 5) is 11.2. The molecule has 0 unspecified atom stereocenters. The van der Waals surface area contributed by atoms with Crippen LogP contribution >= 0.6 is 11.6 Å². The molecule has 0 aliphatic carbocycles. The maximum absolute atomic E-state index is 13.3. The first-order valence-corrected chi connectivity index (χ1v) is 6.22. The summed E-state index contributed by atoms with van der Waals surface area (Å²) >= 11 is 6.17. The van der Waals surface area contributed by atoms with Crippen LogP contribution in [0, 0.1) is 5.82 Å². The van der Waals surface area contributed by atoms with Crippen LogP contribution in [0.25, 0.3) is 5.69 Å². The molecule has 0 atom stereocenters. The Hall–Kier alpha value is -1.68. The molecule has 0 aliphatic heterocycles. The number of nitrogens with zero attached hydrogens (tertiary/aromatic N) is 2. The van der Waals surface area contributed by atoms with Crippen LogP contribution in [0.5, 0.6) is 0 Å². The molecule has 2 rings (SSSR count). The van der Waals surface area contributed by atoms with Crippen LogP contribution in [0.4, 0.5) is 4.39 Å². The van der Waals surface area contributed by atoms with E-state index in [0.717, 1.165) is 0 Å². The Bertz CT molecular complexity index is 629. The van der Waals surface area contributed by atoms with Gasteiger partial charge in [0.05, 0.1) is 16.9 Å². The van der Waals surface area contributed by atoms with Crippen molar-refractivity contribution < 1.29 is 9.18 Å². The summed E-state index contributed by atoms with van der Waals surface area (Å²) in [6.45, 7) is 5.82. The van der Waals surface area contributed by atoms with Crippen molar-refractivity contribution in [1.29, 1.82) is 0 Å². The first-order valence-electron chi connectivity index (χ1n) is 5.84. The van der Waals surface area contributed by atoms with Crippen LogP contribution in [-0.4, -0.2) is 16.1 Å². The second-order valence-corrected chi connectivity index (χ2v) is 5.67. The summed E-state index contributed by atoms with van der Waals surface area (Å²) in [6.07, 6.45) is 0.686. The van der Waals surface area contributed by atoms with Crippen molar-refractivity contribution in [1.82, 2.24) is 9.78 Å². The Balaban J connectivity index is 2.66. The Kier molecular flexibility index (Phi) is 3.45. The molecule has 0 aliphatic rings. The lowest BCUT2D eigenvalue weighted by molar-refractivity contribution is 0.112. The summed E-state index contributed by atoms with van der Waals surface area (Å²) in [5.41, 5.74) is 1.11. The molecule has 0 saturated carbocycles. The number of benzene rings is 1. The van der Waals surface area contributed by atoms with Crippen molar-refractivity contribution >= 4 is 17.9 Å². The Labute approximate surface area is 116 Å². The number of aromatic nitrogens is 2. The molecule has 19 heavy (non-hydrogen) atoms. The molecule has 0 amide bonds. The number of rotatable bonds is 2. The van der Waals surface area contributed by atoms with E-state index >= 15 is 0 Å². The van der Waals surface area contributed by atoms with Crippen molar-refractivity contribution in [3.63, 3.8) is 0 Å². The van der Waals surface area contributed by atoms with E-state index in [9.17, 15) is 9.18 Å². The summed E-state index contributed by atoms with van der Waals surface area (Å²) in [5, 5.41) is 4.55. The van der Waals surface area contributed by atoms with Crippen LogP contribution in [0.1, 0.15) is 36.8 Å². The molecule has 0 bridgehead atoms. The van der Waals surface area contributed by atoms with Gasteiger partial charge in [0.25, 0.3) is 0 Å². The molecule has 1 aromatic carbocycles. The predicted molar refractivity (Wildman–Crippen MR) is 72.6 cm³/mol. The predicted octanol–water partition coefficient (Wildman–Crippen LogP) is 3.77. The highest BCUT2D eigenvalue weighted by atomic mass is 35.5. The fraction of sp³-hybridized carbons (Fsp3) is 0.286. The Morgan fingerprint density at radius 3 is 2.53 bits per heavy atom. The molecule has 2 aromatic rings. The largest absolute Gasteiger partial charge is 0.298 e. The molecular weight excluding hydrogens is 267 g/mol. The molecule has 0 N–H and O–H groups in total. The van der Waals surface area contributed by atoms with Crippen molar-refractivity contribution in [3.05, 3.63) is 46.5 Å². The maximum Gasteiger partial charge on any atom is 0.155 e. The van der Waals surface area contributed by atoms with Crippen LogP contribution in [0.2, 0.25) is 5.15 Å². The lowest BCUT2D eigenvalue weighted by atomic mass is 9.90. The summed E-state index contributed by atoms with van der Waals surface area (Å²) < 4.78 is 14.6. The van der Waals surface area contributed by atoms with Crippen molar-refractivity contribution in [2.24, 2.45) is 0 Å². The van der Waals surface area contributed by atoms with Crippen molar-refractivity contribution in [2.75, 3.05) is 0 Å². The zero-order chi connectivity index (χ0) is 14.2. The molecule has 1 heterocycles. The van der Waals surface area contributed by atoms with Crippen LogP contribution < -0.4 is 0 Å². The lowest BCUT2D eigenvalue weighted by Gasteiger charge is -2.15. The highest BCUT2D eigenvalue weighted by Gasteiger charge is 2.26. The van der Waals surface area contributed by atoms with Crippen LogP contribution in [0.3, 0.4) is 0 Å². The van der Waals surface area contributed by atoms with Crippen LogP contribution in [-0.2, 0) is 5.41 Å². The zero-order valence-electron chi connectivity index (χ0n) is 10.9. The third-order valence-corrected chi connectivity index (χ3v) is 3.11. The van der Waals surface area contributed by atoms with Gasteiger partial charge in [0.1, 0.15) is 11.0 Å². The topological polar surface area (TPSA) is 34.9 Å². The second-order valence-electron chi connectivity index (χ2n) is 5.31. The third-order valence-electron chi connectivity index (χ3n) is 2.74. The van der Waals surface area contributed by atoms with E-state index in [-0.39, 0.29) is 16.4 Å². The van der Waals surface area contributed by atoms with E-state index in [1.807, 2.05) is 20.8 Å². The normalized spacial score (nSPS) is 11.6.